The van der Waals surface area contributed by atoms with Crippen molar-refractivity contribution in [2.75, 3.05) is 50.5 Å². The van der Waals surface area contributed by atoms with Crippen molar-refractivity contribution < 1.29 is 22.8 Å². The molecule has 1 saturated carbocycles. The Hall–Kier alpha value is -3.41. The number of carbonyl (C=O) groups excluding carboxylic acids is 2. The van der Waals surface area contributed by atoms with Crippen molar-refractivity contribution in [3.63, 3.8) is 0 Å². The lowest BCUT2D eigenvalue weighted by Crippen LogP contribution is -2.47. The largest absolute Gasteiger partial charge is 0.421 e. The fourth-order valence-corrected chi connectivity index (χ4v) is 4.64. The lowest BCUT2D eigenvalue weighted by atomic mass is 10.0. The smallest absolute Gasteiger partial charge is 0.369 e. The highest BCUT2D eigenvalue weighted by molar-refractivity contribution is 5.94. The summed E-state index contributed by atoms with van der Waals surface area (Å²) in [4.78, 5) is 38.1. The van der Waals surface area contributed by atoms with Crippen LogP contribution in [0.15, 0.2) is 30.5 Å². The van der Waals surface area contributed by atoms with Crippen LogP contribution in [0, 0.1) is 5.92 Å². The molecule has 0 radical (unpaired) electrons. The van der Waals surface area contributed by atoms with Crippen LogP contribution >= 0.6 is 0 Å². The van der Waals surface area contributed by atoms with Gasteiger partial charge in [0.15, 0.2) is 0 Å². The first-order valence-corrected chi connectivity index (χ1v) is 11.9. The van der Waals surface area contributed by atoms with Crippen LogP contribution in [0.25, 0.3) is 0 Å². The van der Waals surface area contributed by atoms with E-state index in [1.54, 1.807) is 36.2 Å². The highest BCUT2D eigenvalue weighted by Crippen LogP contribution is 2.37. The molecule has 1 saturated heterocycles. The topological polar surface area (TPSA) is 108 Å². The minimum absolute atomic E-state index is 0.0391. The first-order valence-electron chi connectivity index (χ1n) is 11.9. The number of nitrogens with two attached hydrogens (primary N) is 1. The van der Waals surface area contributed by atoms with Crippen molar-refractivity contribution in [3.8, 4) is 0 Å². The molecule has 2 aromatic rings. The number of likely N-dealkylation sites (N-methyl/N-ethyl adjacent to an activating group) is 1. The summed E-state index contributed by atoms with van der Waals surface area (Å²) in [5, 5.41) is 2.81. The van der Waals surface area contributed by atoms with Gasteiger partial charge in [-0.25, -0.2) is 4.98 Å². The van der Waals surface area contributed by atoms with E-state index < -0.39 is 29.6 Å². The van der Waals surface area contributed by atoms with Crippen LogP contribution in [0.2, 0.25) is 0 Å². The van der Waals surface area contributed by atoms with Gasteiger partial charge < -0.3 is 25.8 Å². The van der Waals surface area contributed by atoms with Crippen LogP contribution < -0.4 is 16.0 Å². The molecule has 2 heterocycles. The van der Waals surface area contributed by atoms with Gasteiger partial charge in [-0.15, -0.1) is 0 Å². The lowest BCUT2D eigenvalue weighted by Gasteiger charge is -2.32. The molecule has 9 nitrogen and oxygen atoms in total. The van der Waals surface area contributed by atoms with Gasteiger partial charge in [-0.3, -0.25) is 9.59 Å². The second-order valence-corrected chi connectivity index (χ2v) is 9.32. The molecular weight excluding hydrogens is 475 g/mol. The molecule has 2 amide bonds. The van der Waals surface area contributed by atoms with Crippen molar-refractivity contribution in [1.82, 2.24) is 19.8 Å². The van der Waals surface area contributed by atoms with Crippen LogP contribution in [0.5, 0.6) is 0 Å². The van der Waals surface area contributed by atoms with E-state index in [4.69, 9.17) is 5.73 Å². The highest BCUT2D eigenvalue weighted by Gasteiger charge is 2.38. The maximum Gasteiger partial charge on any atom is 0.421 e. The van der Waals surface area contributed by atoms with Crippen LogP contribution in [0.3, 0.4) is 0 Å². The minimum atomic E-state index is -4.68. The van der Waals surface area contributed by atoms with Gasteiger partial charge in [0.1, 0.15) is 11.4 Å². The van der Waals surface area contributed by atoms with E-state index in [-0.39, 0.29) is 17.7 Å². The molecule has 1 aromatic heterocycles. The summed E-state index contributed by atoms with van der Waals surface area (Å²) in [6.45, 7) is 2.94. The van der Waals surface area contributed by atoms with Crippen molar-refractivity contribution in [2.24, 2.45) is 11.7 Å². The lowest BCUT2D eigenvalue weighted by molar-refractivity contribution is -0.137. The number of nitrogens with zero attached hydrogens (tertiary/aromatic N) is 5. The Balaban J connectivity index is 1.54. The van der Waals surface area contributed by atoms with Crippen molar-refractivity contribution in [1.29, 1.82) is 0 Å². The number of piperazine rings is 1. The third kappa shape index (κ3) is 5.53. The molecule has 194 valence electrons. The molecule has 2 aliphatic rings. The number of amides is 2. The number of aromatic nitrogens is 2. The standard InChI is InChI=1S/C24H30F3N7O2/c1-32-10-12-34(13-11-32)22(36)15-6-8-16(9-7-15)33(2)23-29-14-18(24(25,26)27)21(31-23)30-19-5-3-4-17(19)20(28)35/h6-9,14,17,19H,3-5,10-13H2,1-2H3,(H2,28,35)(H,29,30,31). The Labute approximate surface area is 207 Å². The molecule has 0 bridgehead atoms. The van der Waals surface area contributed by atoms with Crippen molar-refractivity contribution in [3.05, 3.63) is 41.6 Å². The number of benzene rings is 1. The summed E-state index contributed by atoms with van der Waals surface area (Å²) in [6, 6.07) is 6.25. The number of nitrogens with one attached hydrogen (secondary N) is 1. The minimum Gasteiger partial charge on any atom is -0.369 e. The average molecular weight is 506 g/mol. The number of hydrogen-bond donors (Lipinski definition) is 2. The molecular formula is C24H30F3N7O2. The van der Waals surface area contributed by atoms with Gasteiger partial charge in [-0.2, -0.15) is 18.2 Å². The van der Waals surface area contributed by atoms with Gasteiger partial charge in [0.25, 0.3) is 5.91 Å². The van der Waals surface area contributed by atoms with Gasteiger partial charge in [0.05, 0.1) is 5.92 Å². The zero-order valence-electron chi connectivity index (χ0n) is 20.3. The number of primary amides is 1. The Morgan fingerprint density at radius 3 is 2.39 bits per heavy atom. The molecule has 2 unspecified atom stereocenters. The molecule has 1 aliphatic heterocycles. The van der Waals surface area contributed by atoms with Gasteiger partial charge in [-0.05, 0) is 44.2 Å². The van der Waals surface area contributed by atoms with Gasteiger partial charge in [-0.1, -0.05) is 6.42 Å². The summed E-state index contributed by atoms with van der Waals surface area (Å²) in [5.41, 5.74) is 5.56. The molecule has 1 aromatic carbocycles. The summed E-state index contributed by atoms with van der Waals surface area (Å²) in [7, 11) is 3.64. The van der Waals surface area contributed by atoms with Crippen LogP contribution in [-0.2, 0) is 11.0 Å². The summed E-state index contributed by atoms with van der Waals surface area (Å²) in [6.07, 6.45) is -2.22. The maximum absolute atomic E-state index is 13.7. The highest BCUT2D eigenvalue weighted by atomic mass is 19.4. The average Bonchev–Trinajstić information content (AvgIpc) is 3.31. The molecule has 2 fully saturated rings. The van der Waals surface area contributed by atoms with E-state index in [9.17, 15) is 22.8 Å². The molecule has 3 N–H and O–H groups in total. The quantitative estimate of drug-likeness (QED) is 0.622. The fourth-order valence-electron chi connectivity index (χ4n) is 4.64. The second-order valence-electron chi connectivity index (χ2n) is 9.32. The molecule has 2 atom stereocenters. The van der Waals surface area contributed by atoms with E-state index in [1.165, 1.54) is 4.90 Å². The predicted octanol–water partition coefficient (Wildman–Crippen LogP) is 2.72. The Morgan fingerprint density at radius 2 is 1.78 bits per heavy atom. The first-order chi connectivity index (χ1) is 17.0. The molecule has 4 rings (SSSR count). The zero-order chi connectivity index (χ0) is 26.0. The fraction of sp³-hybridized carbons (Fsp3) is 0.500. The SMILES string of the molecule is CN1CCN(C(=O)c2ccc(N(C)c3ncc(C(F)(F)F)c(NC4CCCC4C(N)=O)n3)cc2)CC1. The number of carbonyl (C=O) groups is 2. The Bertz CT molecular complexity index is 1100. The number of anilines is 3. The number of alkyl halides is 3. The third-order valence-corrected chi connectivity index (χ3v) is 6.88. The van der Waals surface area contributed by atoms with E-state index in [0.717, 1.165) is 19.3 Å². The number of rotatable bonds is 6. The summed E-state index contributed by atoms with van der Waals surface area (Å²) < 4.78 is 41.0. The molecule has 1 aliphatic carbocycles. The van der Waals surface area contributed by atoms with Crippen LogP contribution in [0.1, 0.15) is 35.2 Å². The molecule has 36 heavy (non-hydrogen) atoms. The summed E-state index contributed by atoms with van der Waals surface area (Å²) >= 11 is 0. The van der Waals surface area contributed by atoms with Gasteiger partial charge >= 0.3 is 6.18 Å². The van der Waals surface area contributed by atoms with Crippen molar-refractivity contribution in [2.45, 2.75) is 31.5 Å². The van der Waals surface area contributed by atoms with Crippen LogP contribution in [0.4, 0.5) is 30.6 Å². The molecule has 12 heteroatoms. The maximum atomic E-state index is 13.7. The van der Waals surface area contributed by atoms with E-state index in [0.29, 0.717) is 43.6 Å². The zero-order valence-corrected chi connectivity index (χ0v) is 20.3. The van der Waals surface area contributed by atoms with E-state index in [1.807, 2.05) is 7.05 Å². The van der Waals surface area contributed by atoms with Gasteiger partial charge in [0, 0.05) is 56.7 Å². The first kappa shape index (κ1) is 25.7. The Morgan fingerprint density at radius 1 is 1.11 bits per heavy atom. The normalized spacial score (nSPS) is 20.9. The van der Waals surface area contributed by atoms with E-state index >= 15 is 0 Å². The molecule has 0 spiro atoms. The Kier molecular flexibility index (Phi) is 7.34. The third-order valence-electron chi connectivity index (χ3n) is 6.88. The van der Waals surface area contributed by atoms with Crippen molar-refractivity contribution >= 4 is 29.3 Å². The summed E-state index contributed by atoms with van der Waals surface area (Å²) in [5.74, 6) is -1.52. The van der Waals surface area contributed by atoms with E-state index in [2.05, 4.69) is 20.2 Å². The predicted molar refractivity (Wildman–Crippen MR) is 129 cm³/mol. The monoisotopic (exact) mass is 505 g/mol. The number of halogens is 3. The number of hydrogen-bond acceptors (Lipinski definition) is 7. The van der Waals surface area contributed by atoms with Crippen LogP contribution in [-0.4, -0.2) is 77.9 Å². The van der Waals surface area contributed by atoms with Gasteiger partial charge in [0.2, 0.25) is 11.9 Å². The second kappa shape index (κ2) is 10.3.